The minimum atomic E-state index is -0.977. The van der Waals surface area contributed by atoms with Gasteiger partial charge in [-0.05, 0) is 30.7 Å². The van der Waals surface area contributed by atoms with Crippen molar-refractivity contribution in [1.82, 2.24) is 20.3 Å². The van der Waals surface area contributed by atoms with E-state index in [-0.39, 0.29) is 10.9 Å². The number of thiophene rings is 1. The number of nitrogens with one attached hydrogen (secondary N) is 2. The molecule has 0 aliphatic carbocycles. The minimum absolute atomic E-state index is 0.231. The summed E-state index contributed by atoms with van der Waals surface area (Å²) in [4.78, 5) is 37.0. The number of fused-ring (bicyclic) bond motifs is 1. The van der Waals surface area contributed by atoms with E-state index < -0.39 is 5.97 Å². The summed E-state index contributed by atoms with van der Waals surface area (Å²) in [5.74, 6) is -0.603. The lowest BCUT2D eigenvalue weighted by atomic mass is 10.2. The molecule has 8 nitrogen and oxygen atoms in total. The van der Waals surface area contributed by atoms with Gasteiger partial charge in [-0.15, -0.1) is 11.3 Å². The van der Waals surface area contributed by atoms with E-state index >= 15 is 0 Å². The molecule has 3 aromatic rings. The fourth-order valence-electron chi connectivity index (χ4n) is 2.41. The molecule has 0 aliphatic heterocycles. The highest BCUT2D eigenvalue weighted by Gasteiger charge is 2.11. The molecule has 3 aromatic heterocycles. The second-order valence-corrected chi connectivity index (χ2v) is 6.94. The van der Waals surface area contributed by atoms with Crippen molar-refractivity contribution in [1.29, 1.82) is 0 Å². The number of carbonyl (C=O) groups is 2. The predicted molar refractivity (Wildman–Crippen MR) is 104 cm³/mol. The van der Waals surface area contributed by atoms with E-state index in [0.29, 0.717) is 34.1 Å². The van der Waals surface area contributed by atoms with Gasteiger partial charge in [-0.25, -0.2) is 19.6 Å². The van der Waals surface area contributed by atoms with Gasteiger partial charge in [0.2, 0.25) is 0 Å². The van der Waals surface area contributed by atoms with E-state index in [9.17, 15) is 9.59 Å². The summed E-state index contributed by atoms with van der Waals surface area (Å²) in [6.45, 7) is 2.72. The Kier molecular flexibility index (Phi) is 5.92. The average Bonchev–Trinajstić information content (AvgIpc) is 3.15. The Balaban J connectivity index is 1.75. The second kappa shape index (κ2) is 8.54. The van der Waals surface area contributed by atoms with Crippen molar-refractivity contribution in [3.63, 3.8) is 0 Å². The molecule has 0 saturated heterocycles. The fourth-order valence-corrected chi connectivity index (χ4v) is 3.21. The van der Waals surface area contributed by atoms with Crippen LogP contribution in [0.25, 0.3) is 21.7 Å². The zero-order valence-corrected chi connectivity index (χ0v) is 15.5. The van der Waals surface area contributed by atoms with Gasteiger partial charge in [0.25, 0.3) is 0 Å². The quantitative estimate of drug-likeness (QED) is 0.533. The Morgan fingerprint density at radius 1 is 1.15 bits per heavy atom. The number of unbranched alkanes of at least 4 members (excludes halogenated alkanes) is 2. The molecular weight excluding hydrogens is 366 g/mol. The van der Waals surface area contributed by atoms with Crippen molar-refractivity contribution in [2.24, 2.45) is 0 Å². The van der Waals surface area contributed by atoms with Crippen molar-refractivity contribution in [2.75, 3.05) is 11.9 Å². The van der Waals surface area contributed by atoms with Gasteiger partial charge in [0.1, 0.15) is 21.9 Å². The van der Waals surface area contributed by atoms with Crippen molar-refractivity contribution >= 4 is 40.3 Å². The lowest BCUT2D eigenvalue weighted by molar-refractivity contribution is 0.0702. The third kappa shape index (κ3) is 4.76. The molecule has 3 N–H and O–H groups in total. The first-order valence-corrected chi connectivity index (χ1v) is 9.40. The van der Waals surface area contributed by atoms with Crippen LogP contribution in [0.4, 0.5) is 10.6 Å². The van der Waals surface area contributed by atoms with Gasteiger partial charge in [0, 0.05) is 6.54 Å². The highest BCUT2D eigenvalue weighted by molar-refractivity contribution is 7.17. The monoisotopic (exact) mass is 385 g/mol. The number of aromatic carboxylic acids is 1. The Bertz CT molecular complexity index is 973. The molecule has 0 saturated carbocycles. The molecule has 0 fully saturated rings. The minimum Gasteiger partial charge on any atom is -0.477 e. The number of carboxylic acids is 1. The smallest absolute Gasteiger partial charge is 0.345 e. The third-order valence-corrected chi connectivity index (χ3v) is 4.88. The molecule has 140 valence electrons. The summed E-state index contributed by atoms with van der Waals surface area (Å²) in [7, 11) is 0. The van der Waals surface area contributed by atoms with Crippen LogP contribution in [0.15, 0.2) is 30.5 Å². The summed E-state index contributed by atoms with van der Waals surface area (Å²) >= 11 is 1.12. The van der Waals surface area contributed by atoms with Gasteiger partial charge >= 0.3 is 12.0 Å². The topological polar surface area (TPSA) is 117 Å². The molecular formula is C18H19N5O3S. The first-order valence-electron chi connectivity index (χ1n) is 8.59. The molecule has 0 radical (unpaired) electrons. The molecule has 0 unspecified atom stereocenters. The van der Waals surface area contributed by atoms with Crippen LogP contribution in [0.3, 0.4) is 0 Å². The Hall–Kier alpha value is -3.07. The van der Waals surface area contributed by atoms with Crippen molar-refractivity contribution in [2.45, 2.75) is 26.2 Å². The van der Waals surface area contributed by atoms with Gasteiger partial charge < -0.3 is 10.4 Å². The number of urea groups is 1. The number of nitrogens with zero attached hydrogens (tertiary/aromatic N) is 3. The molecule has 0 aliphatic rings. The molecule has 3 rings (SSSR count). The summed E-state index contributed by atoms with van der Waals surface area (Å²) in [5, 5.41) is 14.5. The number of amides is 2. The van der Waals surface area contributed by atoms with Crippen molar-refractivity contribution in [3.05, 3.63) is 35.3 Å². The van der Waals surface area contributed by atoms with E-state index in [1.807, 2.05) is 0 Å². The zero-order chi connectivity index (χ0) is 19.2. The fraction of sp³-hybridized carbons (Fsp3) is 0.278. The summed E-state index contributed by atoms with van der Waals surface area (Å²) < 4.78 is 0. The molecule has 9 heteroatoms. The number of hydrogen-bond acceptors (Lipinski definition) is 6. The maximum atomic E-state index is 11.9. The van der Waals surface area contributed by atoms with Crippen molar-refractivity contribution < 1.29 is 14.7 Å². The van der Waals surface area contributed by atoms with Crippen LogP contribution in [0, 0.1) is 0 Å². The van der Waals surface area contributed by atoms with E-state index in [4.69, 9.17) is 5.11 Å². The Morgan fingerprint density at radius 3 is 2.74 bits per heavy atom. The van der Waals surface area contributed by atoms with Gasteiger partial charge in [0.15, 0.2) is 5.65 Å². The molecule has 2 amide bonds. The lowest BCUT2D eigenvalue weighted by Crippen LogP contribution is -2.29. The summed E-state index contributed by atoms with van der Waals surface area (Å²) in [6.07, 6.45) is 4.67. The largest absolute Gasteiger partial charge is 0.477 e. The second-order valence-electron chi connectivity index (χ2n) is 5.85. The number of aromatic nitrogens is 3. The molecule has 3 heterocycles. The highest BCUT2D eigenvalue weighted by atomic mass is 32.1. The van der Waals surface area contributed by atoms with Crippen LogP contribution in [-0.2, 0) is 0 Å². The van der Waals surface area contributed by atoms with E-state index in [2.05, 4.69) is 32.5 Å². The highest BCUT2D eigenvalue weighted by Crippen LogP contribution is 2.27. The maximum Gasteiger partial charge on any atom is 0.345 e. The molecule has 0 atom stereocenters. The number of rotatable bonds is 7. The molecule has 0 aromatic carbocycles. The van der Waals surface area contributed by atoms with Crippen LogP contribution >= 0.6 is 11.3 Å². The molecule has 0 spiro atoms. The average molecular weight is 385 g/mol. The number of anilines is 1. The molecule has 27 heavy (non-hydrogen) atoms. The van der Waals surface area contributed by atoms with Gasteiger partial charge in [-0.2, -0.15) is 0 Å². The van der Waals surface area contributed by atoms with E-state index in [1.54, 1.807) is 24.4 Å². The zero-order valence-electron chi connectivity index (χ0n) is 14.7. The van der Waals surface area contributed by atoms with Crippen LogP contribution < -0.4 is 10.6 Å². The standard InChI is InChI=1S/C18H19N5O3S/c1-2-3-4-9-19-18(26)23-15-8-5-11-16(22-15)21-12(10-20-11)13-6-7-14(27-13)17(24)25/h5-8,10H,2-4,9H2,1H3,(H,24,25)(H2,19,21,22,23,26). The summed E-state index contributed by atoms with van der Waals surface area (Å²) in [6, 6.07) is 6.29. The first kappa shape index (κ1) is 18.7. The van der Waals surface area contributed by atoms with E-state index in [0.717, 1.165) is 30.6 Å². The van der Waals surface area contributed by atoms with Gasteiger partial charge in [-0.1, -0.05) is 19.8 Å². The number of carbonyl (C=O) groups excluding carboxylic acids is 1. The van der Waals surface area contributed by atoms with E-state index in [1.165, 1.54) is 6.07 Å². The SMILES string of the molecule is CCCCCNC(=O)Nc1ccc2ncc(-c3ccc(C(=O)O)s3)nc2n1. The first-order chi connectivity index (χ1) is 13.1. The summed E-state index contributed by atoms with van der Waals surface area (Å²) in [5.41, 5.74) is 1.50. The van der Waals surface area contributed by atoms with Gasteiger partial charge in [-0.3, -0.25) is 10.3 Å². The number of pyridine rings is 1. The van der Waals surface area contributed by atoms with Crippen molar-refractivity contribution in [3.8, 4) is 10.6 Å². The third-order valence-electron chi connectivity index (χ3n) is 3.78. The van der Waals surface area contributed by atoms with Crippen LogP contribution in [0.5, 0.6) is 0 Å². The van der Waals surface area contributed by atoms with Crippen LogP contribution in [0.2, 0.25) is 0 Å². The maximum absolute atomic E-state index is 11.9. The van der Waals surface area contributed by atoms with Crippen LogP contribution in [-0.4, -0.2) is 38.6 Å². The Labute approximate surface area is 159 Å². The normalized spacial score (nSPS) is 10.7. The van der Waals surface area contributed by atoms with Crippen LogP contribution in [0.1, 0.15) is 35.9 Å². The number of hydrogen-bond donors (Lipinski definition) is 3. The number of carboxylic acid groups (broad SMARTS) is 1. The lowest BCUT2D eigenvalue weighted by Gasteiger charge is -2.07. The van der Waals surface area contributed by atoms with Gasteiger partial charge in [0.05, 0.1) is 11.1 Å². The predicted octanol–water partition coefficient (Wildman–Crippen LogP) is 3.76. The Morgan fingerprint density at radius 2 is 2.00 bits per heavy atom. The molecule has 0 bridgehead atoms.